The molecule has 1 N–H and O–H groups in total. The summed E-state index contributed by atoms with van der Waals surface area (Å²) in [5, 5.41) is 2.77. The minimum Gasteiger partial charge on any atom is -0.484 e. The van der Waals surface area contributed by atoms with Gasteiger partial charge in [0.15, 0.2) is 6.61 Å². The first kappa shape index (κ1) is 18.3. The Morgan fingerprint density at radius 3 is 2.44 bits per heavy atom. The standard InChI is InChI=1S/C22H19FN2O2/c1-16-6-10-18(11-7-16)25-22(26)15-27-19-12-8-17(9-13-19)14-24-21-5-3-2-4-20(21)23/h2-14H,15H2,1H3,(H,25,26). The van der Waals surface area contributed by atoms with E-state index in [2.05, 4.69) is 10.3 Å². The van der Waals surface area contributed by atoms with Crippen LogP contribution in [0.1, 0.15) is 11.1 Å². The average Bonchev–Trinajstić information content (AvgIpc) is 2.68. The summed E-state index contributed by atoms with van der Waals surface area (Å²) in [5.41, 5.74) is 2.94. The van der Waals surface area contributed by atoms with Gasteiger partial charge in [-0.05, 0) is 61.0 Å². The molecule has 0 saturated heterocycles. The highest BCUT2D eigenvalue weighted by Crippen LogP contribution is 2.17. The molecule has 0 unspecified atom stereocenters. The first-order chi connectivity index (χ1) is 13.1. The monoisotopic (exact) mass is 362 g/mol. The topological polar surface area (TPSA) is 50.7 Å². The fourth-order valence-corrected chi connectivity index (χ4v) is 2.33. The van der Waals surface area contributed by atoms with Gasteiger partial charge in [-0.3, -0.25) is 9.79 Å². The minimum atomic E-state index is -0.367. The second-order valence-electron chi connectivity index (χ2n) is 5.98. The van der Waals surface area contributed by atoms with Gasteiger partial charge in [0.1, 0.15) is 11.6 Å². The van der Waals surface area contributed by atoms with Crippen molar-refractivity contribution in [2.75, 3.05) is 11.9 Å². The Balaban J connectivity index is 1.52. The highest BCUT2D eigenvalue weighted by atomic mass is 19.1. The Morgan fingerprint density at radius 2 is 1.74 bits per heavy atom. The molecule has 0 spiro atoms. The molecule has 0 atom stereocenters. The van der Waals surface area contributed by atoms with Gasteiger partial charge in [0, 0.05) is 11.9 Å². The molecule has 0 heterocycles. The predicted molar refractivity (Wildman–Crippen MR) is 105 cm³/mol. The van der Waals surface area contributed by atoms with E-state index in [0.717, 1.165) is 16.8 Å². The summed E-state index contributed by atoms with van der Waals surface area (Å²) in [5.74, 6) is -0.0329. The van der Waals surface area contributed by atoms with Gasteiger partial charge in [0.2, 0.25) is 0 Å². The molecule has 0 aliphatic heterocycles. The van der Waals surface area contributed by atoms with E-state index in [9.17, 15) is 9.18 Å². The molecule has 3 rings (SSSR count). The van der Waals surface area contributed by atoms with Crippen molar-refractivity contribution in [2.24, 2.45) is 4.99 Å². The number of ether oxygens (including phenoxy) is 1. The molecular formula is C22H19FN2O2. The fraction of sp³-hybridized carbons (Fsp3) is 0.0909. The van der Waals surface area contributed by atoms with Crippen molar-refractivity contribution in [2.45, 2.75) is 6.92 Å². The Hall–Kier alpha value is -3.47. The van der Waals surface area contributed by atoms with Crippen LogP contribution in [0.4, 0.5) is 15.8 Å². The van der Waals surface area contributed by atoms with Gasteiger partial charge in [-0.1, -0.05) is 29.8 Å². The van der Waals surface area contributed by atoms with Crippen molar-refractivity contribution in [3.8, 4) is 5.75 Å². The Kier molecular flexibility index (Phi) is 5.94. The van der Waals surface area contributed by atoms with Gasteiger partial charge in [-0.15, -0.1) is 0 Å². The zero-order chi connectivity index (χ0) is 19.1. The third kappa shape index (κ3) is 5.51. The number of aliphatic imine (C=N–C) groups is 1. The molecule has 0 aromatic heterocycles. The lowest BCUT2D eigenvalue weighted by molar-refractivity contribution is -0.118. The molecule has 1 amide bonds. The van der Waals surface area contributed by atoms with Crippen LogP contribution in [0.15, 0.2) is 77.8 Å². The number of benzene rings is 3. The molecule has 27 heavy (non-hydrogen) atoms. The summed E-state index contributed by atoms with van der Waals surface area (Å²) >= 11 is 0. The molecule has 0 saturated carbocycles. The Bertz CT molecular complexity index is 935. The van der Waals surface area contributed by atoms with Crippen LogP contribution in [0.3, 0.4) is 0 Å². The summed E-state index contributed by atoms with van der Waals surface area (Å²) in [7, 11) is 0. The van der Waals surface area contributed by atoms with Gasteiger partial charge >= 0.3 is 0 Å². The van der Waals surface area contributed by atoms with E-state index < -0.39 is 0 Å². The van der Waals surface area contributed by atoms with Gasteiger partial charge < -0.3 is 10.1 Å². The number of carbonyl (C=O) groups excluding carboxylic acids is 1. The third-order valence-corrected chi connectivity index (χ3v) is 3.79. The molecule has 5 heteroatoms. The number of amides is 1. The number of carbonyl (C=O) groups is 1. The first-order valence-corrected chi connectivity index (χ1v) is 8.48. The van der Waals surface area contributed by atoms with Crippen LogP contribution in [0.25, 0.3) is 0 Å². The van der Waals surface area contributed by atoms with Crippen molar-refractivity contribution < 1.29 is 13.9 Å². The van der Waals surface area contributed by atoms with Crippen LogP contribution in [0, 0.1) is 12.7 Å². The van der Waals surface area contributed by atoms with Crippen molar-refractivity contribution >= 4 is 23.5 Å². The molecule has 0 aliphatic carbocycles. The lowest BCUT2D eigenvalue weighted by Gasteiger charge is -2.08. The van der Waals surface area contributed by atoms with Crippen molar-refractivity contribution in [1.29, 1.82) is 0 Å². The number of rotatable bonds is 6. The number of anilines is 1. The second-order valence-corrected chi connectivity index (χ2v) is 5.98. The lowest BCUT2D eigenvalue weighted by atomic mass is 10.2. The van der Waals surface area contributed by atoms with E-state index in [4.69, 9.17) is 4.74 Å². The minimum absolute atomic E-state index is 0.0868. The molecule has 4 nitrogen and oxygen atoms in total. The first-order valence-electron chi connectivity index (χ1n) is 8.48. The van der Waals surface area contributed by atoms with E-state index >= 15 is 0 Å². The van der Waals surface area contributed by atoms with E-state index in [1.807, 2.05) is 31.2 Å². The molecule has 3 aromatic rings. The maximum atomic E-state index is 13.5. The zero-order valence-corrected chi connectivity index (χ0v) is 14.9. The van der Waals surface area contributed by atoms with E-state index in [1.165, 1.54) is 6.07 Å². The zero-order valence-electron chi connectivity index (χ0n) is 14.9. The van der Waals surface area contributed by atoms with Gasteiger partial charge in [0.25, 0.3) is 5.91 Å². The molecular weight excluding hydrogens is 343 g/mol. The number of halogens is 1. The maximum Gasteiger partial charge on any atom is 0.262 e. The van der Waals surface area contributed by atoms with Gasteiger partial charge in [-0.2, -0.15) is 0 Å². The molecule has 0 radical (unpaired) electrons. The van der Waals surface area contributed by atoms with Crippen molar-refractivity contribution in [3.05, 3.63) is 89.7 Å². The highest BCUT2D eigenvalue weighted by molar-refractivity contribution is 5.91. The summed E-state index contributed by atoms with van der Waals surface area (Å²) in [6, 6.07) is 20.9. The van der Waals surface area contributed by atoms with Crippen LogP contribution in [-0.4, -0.2) is 18.7 Å². The number of nitrogens with one attached hydrogen (secondary N) is 1. The van der Waals surface area contributed by atoms with Crippen LogP contribution in [0.2, 0.25) is 0 Å². The summed E-state index contributed by atoms with van der Waals surface area (Å²) in [4.78, 5) is 16.1. The molecule has 3 aromatic carbocycles. The molecule has 0 aliphatic rings. The number of hydrogen-bond acceptors (Lipinski definition) is 3. The van der Waals surface area contributed by atoms with E-state index in [-0.39, 0.29) is 24.0 Å². The average molecular weight is 362 g/mol. The van der Waals surface area contributed by atoms with Crippen molar-refractivity contribution in [1.82, 2.24) is 0 Å². The van der Waals surface area contributed by atoms with Gasteiger partial charge in [0.05, 0.1) is 5.69 Å². The van der Waals surface area contributed by atoms with Crippen LogP contribution in [0.5, 0.6) is 5.75 Å². The fourth-order valence-electron chi connectivity index (χ4n) is 2.33. The predicted octanol–water partition coefficient (Wildman–Crippen LogP) is 4.90. The second kappa shape index (κ2) is 8.76. The number of para-hydroxylation sites is 1. The summed E-state index contributed by atoms with van der Waals surface area (Å²) in [6.07, 6.45) is 1.58. The molecule has 0 fully saturated rings. The van der Waals surface area contributed by atoms with E-state index in [1.54, 1.807) is 48.7 Å². The molecule has 0 bridgehead atoms. The summed E-state index contributed by atoms with van der Waals surface area (Å²) < 4.78 is 19.0. The smallest absolute Gasteiger partial charge is 0.262 e. The largest absolute Gasteiger partial charge is 0.484 e. The number of hydrogen-bond donors (Lipinski definition) is 1. The van der Waals surface area contributed by atoms with Crippen LogP contribution >= 0.6 is 0 Å². The number of aryl methyl sites for hydroxylation is 1. The normalized spacial score (nSPS) is 10.7. The van der Waals surface area contributed by atoms with Crippen LogP contribution in [-0.2, 0) is 4.79 Å². The van der Waals surface area contributed by atoms with Crippen molar-refractivity contribution in [3.63, 3.8) is 0 Å². The maximum absolute atomic E-state index is 13.5. The van der Waals surface area contributed by atoms with Crippen LogP contribution < -0.4 is 10.1 Å². The lowest BCUT2D eigenvalue weighted by Crippen LogP contribution is -2.20. The van der Waals surface area contributed by atoms with E-state index in [0.29, 0.717) is 5.75 Å². The third-order valence-electron chi connectivity index (χ3n) is 3.79. The highest BCUT2D eigenvalue weighted by Gasteiger charge is 2.04. The quantitative estimate of drug-likeness (QED) is 0.634. The summed E-state index contributed by atoms with van der Waals surface area (Å²) in [6.45, 7) is 1.90. The SMILES string of the molecule is Cc1ccc(NC(=O)COc2ccc(C=Nc3ccccc3F)cc2)cc1. The Morgan fingerprint density at radius 1 is 1.04 bits per heavy atom. The van der Waals surface area contributed by atoms with Gasteiger partial charge in [-0.25, -0.2) is 4.39 Å². The Labute approximate surface area is 157 Å². The number of nitrogens with zero attached hydrogens (tertiary/aromatic N) is 1. The molecule has 136 valence electrons.